The molecule has 1 heterocycles. The summed E-state index contributed by atoms with van der Waals surface area (Å²) in [6.07, 6.45) is 1.14. The number of nitrogens with one attached hydrogen (secondary N) is 2. The monoisotopic (exact) mass is 357 g/mol. The minimum Gasteiger partial charge on any atom is -0.327 e. The zero-order chi connectivity index (χ0) is 18.6. The van der Waals surface area contributed by atoms with Gasteiger partial charge in [0, 0.05) is 28.8 Å². The van der Waals surface area contributed by atoms with Crippen molar-refractivity contribution in [3.05, 3.63) is 101 Å². The molecule has 0 spiro atoms. The van der Waals surface area contributed by atoms with Gasteiger partial charge in [-0.15, -0.1) is 0 Å². The maximum Gasteiger partial charge on any atom is 0.255 e. The minimum absolute atomic E-state index is 0.0651. The molecule has 0 saturated carbocycles. The van der Waals surface area contributed by atoms with Gasteiger partial charge in [0.25, 0.3) is 5.91 Å². The van der Waals surface area contributed by atoms with Gasteiger partial charge in [-0.25, -0.2) is 0 Å². The highest BCUT2D eigenvalue weighted by Gasteiger charge is 2.19. The van der Waals surface area contributed by atoms with Gasteiger partial charge in [-0.3, -0.25) is 4.79 Å². The highest BCUT2D eigenvalue weighted by atomic mass is 16.1. The van der Waals surface area contributed by atoms with Crippen molar-refractivity contribution in [2.24, 2.45) is 0 Å². The number of carbonyl (C=O) groups is 1. The molecule has 27 heavy (non-hydrogen) atoms. The Labute approximate surface area is 160 Å². The molecule has 0 saturated heterocycles. The largest absolute Gasteiger partial charge is 0.327 e. The highest BCUT2D eigenvalue weighted by Crippen LogP contribution is 2.13. The van der Waals surface area contributed by atoms with Crippen molar-refractivity contribution in [2.45, 2.75) is 26.4 Å². The van der Waals surface area contributed by atoms with E-state index in [9.17, 15) is 4.79 Å². The zero-order valence-corrected chi connectivity index (χ0v) is 15.7. The van der Waals surface area contributed by atoms with Crippen molar-refractivity contribution in [3.8, 4) is 0 Å². The molecule has 0 bridgehead atoms. The second-order valence-electron chi connectivity index (χ2n) is 7.39. The van der Waals surface area contributed by atoms with E-state index in [-0.39, 0.29) is 5.91 Å². The van der Waals surface area contributed by atoms with E-state index in [2.05, 4.69) is 41.7 Å². The number of amides is 1. The maximum absolute atomic E-state index is 12.4. The van der Waals surface area contributed by atoms with Crippen LogP contribution in [0, 0.1) is 6.92 Å². The smallest absolute Gasteiger partial charge is 0.255 e. The number of aryl methyl sites for hydroxylation is 1. The molecule has 1 aliphatic rings. The number of hydrogen-bond acceptors (Lipinski definition) is 1. The fourth-order valence-electron chi connectivity index (χ4n) is 3.70. The summed E-state index contributed by atoms with van der Waals surface area (Å²) in [6, 6.07) is 24.6. The van der Waals surface area contributed by atoms with Crippen molar-refractivity contribution >= 4 is 11.6 Å². The van der Waals surface area contributed by atoms with Crippen LogP contribution < -0.4 is 10.2 Å². The summed E-state index contributed by atoms with van der Waals surface area (Å²) in [5.41, 5.74) is 6.93. The third-order valence-electron chi connectivity index (χ3n) is 5.29. The summed E-state index contributed by atoms with van der Waals surface area (Å²) >= 11 is 0. The lowest BCUT2D eigenvalue weighted by Crippen LogP contribution is -3.10. The lowest BCUT2D eigenvalue weighted by Gasteiger charge is -2.26. The van der Waals surface area contributed by atoms with Crippen molar-refractivity contribution in [1.82, 2.24) is 0 Å². The summed E-state index contributed by atoms with van der Waals surface area (Å²) in [5, 5.41) is 2.95. The van der Waals surface area contributed by atoms with Crippen LogP contribution in [0.3, 0.4) is 0 Å². The molecular weight excluding hydrogens is 332 g/mol. The first-order chi connectivity index (χ1) is 13.2. The van der Waals surface area contributed by atoms with Crippen LogP contribution in [0.2, 0.25) is 0 Å². The fraction of sp³-hybridized carbons (Fsp3) is 0.208. The topological polar surface area (TPSA) is 33.5 Å². The van der Waals surface area contributed by atoms with Gasteiger partial charge in [-0.1, -0.05) is 54.1 Å². The normalized spacial score (nSPS) is 15.8. The molecule has 1 aliphatic heterocycles. The van der Waals surface area contributed by atoms with Gasteiger partial charge >= 0.3 is 0 Å². The Morgan fingerprint density at radius 2 is 1.63 bits per heavy atom. The number of fused-ring (bicyclic) bond motifs is 1. The van der Waals surface area contributed by atoms with Crippen molar-refractivity contribution in [3.63, 3.8) is 0 Å². The van der Waals surface area contributed by atoms with Gasteiger partial charge in [-0.2, -0.15) is 0 Å². The summed E-state index contributed by atoms with van der Waals surface area (Å²) in [7, 11) is 0. The first-order valence-corrected chi connectivity index (χ1v) is 9.55. The summed E-state index contributed by atoms with van der Waals surface area (Å²) in [4.78, 5) is 14.0. The molecule has 136 valence electrons. The third kappa shape index (κ3) is 4.26. The molecular formula is C24H25N2O+. The average molecular weight is 357 g/mol. The molecule has 0 aliphatic carbocycles. The number of benzene rings is 3. The van der Waals surface area contributed by atoms with Crippen molar-refractivity contribution in [1.29, 1.82) is 0 Å². The second kappa shape index (κ2) is 7.77. The summed E-state index contributed by atoms with van der Waals surface area (Å²) in [5.74, 6) is -0.0651. The number of hydrogen-bond donors (Lipinski definition) is 2. The summed E-state index contributed by atoms with van der Waals surface area (Å²) < 4.78 is 0. The Morgan fingerprint density at radius 3 is 2.37 bits per heavy atom. The van der Waals surface area contributed by atoms with Gasteiger partial charge < -0.3 is 10.2 Å². The van der Waals surface area contributed by atoms with Crippen molar-refractivity contribution in [2.75, 3.05) is 11.9 Å². The number of carbonyl (C=O) groups excluding carboxylic acids is 1. The quantitative estimate of drug-likeness (QED) is 0.737. The fourth-order valence-corrected chi connectivity index (χ4v) is 3.70. The Kier molecular flexibility index (Phi) is 5.03. The van der Waals surface area contributed by atoms with E-state index in [0.717, 1.165) is 31.7 Å². The standard InChI is InChI=1S/C24H24N2O/c1-18-6-12-23(13-7-18)25-24(27)21-10-8-19(9-11-21)16-26-15-14-20-4-2-3-5-22(20)17-26/h2-13H,14-17H2,1H3,(H,25,27)/p+1. The Balaban J connectivity index is 1.37. The van der Waals surface area contributed by atoms with E-state index >= 15 is 0 Å². The van der Waals surface area contributed by atoms with Crippen LogP contribution in [-0.2, 0) is 19.5 Å². The maximum atomic E-state index is 12.4. The first-order valence-electron chi connectivity index (χ1n) is 9.55. The van der Waals surface area contributed by atoms with Crippen LogP contribution in [0.5, 0.6) is 0 Å². The van der Waals surface area contributed by atoms with E-state index in [0.29, 0.717) is 5.56 Å². The van der Waals surface area contributed by atoms with Crippen LogP contribution in [0.15, 0.2) is 72.8 Å². The Bertz CT molecular complexity index is 929. The van der Waals surface area contributed by atoms with Crippen LogP contribution in [0.4, 0.5) is 5.69 Å². The Hall–Kier alpha value is -2.91. The van der Waals surface area contributed by atoms with E-state index in [1.54, 1.807) is 4.90 Å². The Morgan fingerprint density at radius 1 is 0.926 bits per heavy atom. The molecule has 1 unspecified atom stereocenters. The molecule has 1 atom stereocenters. The third-order valence-corrected chi connectivity index (χ3v) is 5.29. The minimum atomic E-state index is -0.0651. The predicted molar refractivity (Wildman–Crippen MR) is 109 cm³/mol. The molecule has 4 rings (SSSR count). The van der Waals surface area contributed by atoms with Gasteiger partial charge in [-0.05, 0) is 36.8 Å². The molecule has 3 heteroatoms. The van der Waals surface area contributed by atoms with Crippen LogP contribution in [0.25, 0.3) is 0 Å². The van der Waals surface area contributed by atoms with Gasteiger partial charge in [0.2, 0.25) is 0 Å². The molecule has 0 aromatic heterocycles. The molecule has 3 aromatic carbocycles. The van der Waals surface area contributed by atoms with Gasteiger partial charge in [0.05, 0.1) is 6.54 Å². The first kappa shape index (κ1) is 17.5. The van der Waals surface area contributed by atoms with E-state index in [1.165, 1.54) is 22.3 Å². The number of anilines is 1. The van der Waals surface area contributed by atoms with Gasteiger partial charge in [0.1, 0.15) is 13.1 Å². The molecule has 0 fully saturated rings. The average Bonchev–Trinajstić information content (AvgIpc) is 2.70. The number of rotatable bonds is 4. The second-order valence-corrected chi connectivity index (χ2v) is 7.39. The highest BCUT2D eigenvalue weighted by molar-refractivity contribution is 6.04. The molecule has 3 nitrogen and oxygen atoms in total. The molecule has 1 amide bonds. The van der Waals surface area contributed by atoms with E-state index in [1.807, 2.05) is 43.3 Å². The zero-order valence-electron chi connectivity index (χ0n) is 15.7. The van der Waals surface area contributed by atoms with Crippen LogP contribution >= 0.6 is 0 Å². The van der Waals surface area contributed by atoms with E-state index < -0.39 is 0 Å². The molecule has 2 N–H and O–H groups in total. The predicted octanol–water partition coefficient (Wildman–Crippen LogP) is 3.39. The lowest BCUT2D eigenvalue weighted by atomic mass is 9.99. The summed E-state index contributed by atoms with van der Waals surface area (Å²) in [6.45, 7) is 5.26. The van der Waals surface area contributed by atoms with Crippen LogP contribution in [-0.4, -0.2) is 12.5 Å². The molecule has 0 radical (unpaired) electrons. The lowest BCUT2D eigenvalue weighted by molar-refractivity contribution is -0.929. The van der Waals surface area contributed by atoms with Gasteiger partial charge in [0.15, 0.2) is 0 Å². The van der Waals surface area contributed by atoms with Crippen molar-refractivity contribution < 1.29 is 9.69 Å². The number of quaternary nitrogens is 1. The van der Waals surface area contributed by atoms with E-state index in [4.69, 9.17) is 0 Å². The SMILES string of the molecule is Cc1ccc(NC(=O)c2ccc(C[NH+]3CCc4ccccc4C3)cc2)cc1. The molecule has 3 aromatic rings. The van der Waals surface area contributed by atoms with Crippen LogP contribution in [0.1, 0.15) is 32.6 Å².